The average molecular weight is 499 g/mol. The number of hydrogen-bond donors (Lipinski definition) is 0. The molecule has 0 radical (unpaired) electrons. The molecule has 7 aromatic rings. The SMILES string of the molecule is c1ccc(-c2cccc(-c3oc(-c4c(-c5ccccc5)cccc4-c4ccccc4)c4ccccc34)c2)cc1. The summed E-state index contributed by atoms with van der Waals surface area (Å²) in [5.74, 6) is 1.78. The Hall–Kier alpha value is -5.14. The molecule has 1 heterocycles. The maximum atomic E-state index is 6.95. The van der Waals surface area contributed by atoms with Crippen LogP contribution in [0, 0.1) is 0 Å². The molecule has 0 spiro atoms. The summed E-state index contributed by atoms with van der Waals surface area (Å²) in [5, 5.41) is 2.22. The predicted molar refractivity (Wildman–Crippen MR) is 163 cm³/mol. The van der Waals surface area contributed by atoms with Crippen molar-refractivity contribution in [1.29, 1.82) is 0 Å². The minimum absolute atomic E-state index is 0.889. The molecule has 0 aliphatic rings. The van der Waals surface area contributed by atoms with Crippen LogP contribution in [-0.4, -0.2) is 0 Å². The smallest absolute Gasteiger partial charge is 0.143 e. The highest BCUT2D eigenvalue weighted by Gasteiger charge is 2.22. The van der Waals surface area contributed by atoms with Gasteiger partial charge in [-0.2, -0.15) is 0 Å². The van der Waals surface area contributed by atoms with E-state index < -0.39 is 0 Å². The Morgan fingerprint density at radius 3 is 1.33 bits per heavy atom. The molecule has 6 aromatic carbocycles. The first-order valence-electron chi connectivity index (χ1n) is 13.3. The van der Waals surface area contributed by atoms with Gasteiger partial charge >= 0.3 is 0 Å². The molecule has 0 aliphatic carbocycles. The fraction of sp³-hybridized carbons (Fsp3) is 0. The van der Waals surface area contributed by atoms with Crippen LogP contribution in [0.2, 0.25) is 0 Å². The number of furan rings is 1. The molecule has 0 fully saturated rings. The van der Waals surface area contributed by atoms with Gasteiger partial charge in [-0.25, -0.2) is 0 Å². The maximum Gasteiger partial charge on any atom is 0.143 e. The van der Waals surface area contributed by atoms with Crippen LogP contribution < -0.4 is 0 Å². The van der Waals surface area contributed by atoms with E-state index in [1.807, 2.05) is 6.07 Å². The van der Waals surface area contributed by atoms with Crippen molar-refractivity contribution in [1.82, 2.24) is 0 Å². The largest absolute Gasteiger partial charge is 0.455 e. The van der Waals surface area contributed by atoms with Gasteiger partial charge in [0.2, 0.25) is 0 Å². The minimum atomic E-state index is 0.889. The first-order chi connectivity index (χ1) is 19.4. The first kappa shape index (κ1) is 23.0. The van der Waals surface area contributed by atoms with Gasteiger partial charge in [0.05, 0.1) is 0 Å². The first-order valence-corrected chi connectivity index (χ1v) is 13.3. The van der Waals surface area contributed by atoms with Crippen LogP contribution in [0.5, 0.6) is 0 Å². The van der Waals surface area contributed by atoms with Crippen molar-refractivity contribution >= 4 is 10.8 Å². The molecule has 0 bridgehead atoms. The number of benzene rings is 6. The summed E-state index contributed by atoms with van der Waals surface area (Å²) in [6.45, 7) is 0. The molecule has 39 heavy (non-hydrogen) atoms. The second kappa shape index (κ2) is 9.96. The van der Waals surface area contributed by atoms with Crippen molar-refractivity contribution < 1.29 is 4.42 Å². The topological polar surface area (TPSA) is 13.1 Å². The lowest BCUT2D eigenvalue weighted by Gasteiger charge is -2.15. The lowest BCUT2D eigenvalue weighted by atomic mass is 9.89. The van der Waals surface area contributed by atoms with E-state index in [0.29, 0.717) is 0 Å². The Bertz CT molecular complexity index is 1820. The Balaban J connectivity index is 1.50. The van der Waals surface area contributed by atoms with Crippen LogP contribution >= 0.6 is 0 Å². The zero-order valence-electron chi connectivity index (χ0n) is 21.4. The second-order valence-corrected chi connectivity index (χ2v) is 9.71. The van der Waals surface area contributed by atoms with E-state index in [0.717, 1.165) is 44.5 Å². The highest BCUT2D eigenvalue weighted by Crippen LogP contribution is 2.46. The van der Waals surface area contributed by atoms with Crippen LogP contribution in [0.1, 0.15) is 0 Å². The third-order valence-corrected chi connectivity index (χ3v) is 7.31. The molecular formula is C38H26O. The Kier molecular flexibility index (Phi) is 5.88. The lowest BCUT2D eigenvalue weighted by Crippen LogP contribution is -1.89. The Morgan fingerprint density at radius 1 is 0.308 bits per heavy atom. The molecule has 1 aromatic heterocycles. The van der Waals surface area contributed by atoms with E-state index in [2.05, 4.69) is 152 Å². The van der Waals surface area contributed by atoms with Crippen LogP contribution in [0.3, 0.4) is 0 Å². The van der Waals surface area contributed by atoms with Crippen molar-refractivity contribution in [3.63, 3.8) is 0 Å². The number of hydrogen-bond acceptors (Lipinski definition) is 1. The number of rotatable bonds is 5. The van der Waals surface area contributed by atoms with Crippen molar-refractivity contribution in [3.05, 3.63) is 158 Å². The van der Waals surface area contributed by atoms with Crippen LogP contribution in [0.4, 0.5) is 0 Å². The average Bonchev–Trinajstić information content (AvgIpc) is 3.41. The van der Waals surface area contributed by atoms with E-state index in [4.69, 9.17) is 4.42 Å². The zero-order valence-corrected chi connectivity index (χ0v) is 21.4. The van der Waals surface area contributed by atoms with Gasteiger partial charge in [-0.3, -0.25) is 0 Å². The van der Waals surface area contributed by atoms with E-state index in [1.54, 1.807) is 0 Å². The van der Waals surface area contributed by atoms with Gasteiger partial charge in [0, 0.05) is 21.9 Å². The third-order valence-electron chi connectivity index (χ3n) is 7.31. The van der Waals surface area contributed by atoms with Gasteiger partial charge in [-0.05, 0) is 39.4 Å². The van der Waals surface area contributed by atoms with Gasteiger partial charge in [0.25, 0.3) is 0 Å². The molecular weight excluding hydrogens is 472 g/mol. The molecule has 0 saturated carbocycles. The molecule has 0 unspecified atom stereocenters. The predicted octanol–water partition coefficient (Wildman–Crippen LogP) is 10.8. The lowest BCUT2D eigenvalue weighted by molar-refractivity contribution is 0.602. The van der Waals surface area contributed by atoms with Gasteiger partial charge in [-0.1, -0.05) is 152 Å². The van der Waals surface area contributed by atoms with E-state index in [9.17, 15) is 0 Å². The third kappa shape index (κ3) is 4.24. The Labute approximate surface area is 228 Å². The van der Waals surface area contributed by atoms with Gasteiger partial charge < -0.3 is 4.42 Å². The van der Waals surface area contributed by atoms with E-state index >= 15 is 0 Å². The van der Waals surface area contributed by atoms with Crippen molar-refractivity contribution in [3.8, 4) is 56.0 Å². The Morgan fingerprint density at radius 2 is 0.744 bits per heavy atom. The van der Waals surface area contributed by atoms with Crippen molar-refractivity contribution in [2.45, 2.75) is 0 Å². The summed E-state index contributed by atoms with van der Waals surface area (Å²) in [5.41, 5.74) is 9.17. The minimum Gasteiger partial charge on any atom is -0.455 e. The van der Waals surface area contributed by atoms with Gasteiger partial charge in [0.15, 0.2) is 0 Å². The fourth-order valence-corrected chi connectivity index (χ4v) is 5.48. The summed E-state index contributed by atoms with van der Waals surface area (Å²) < 4.78 is 6.95. The summed E-state index contributed by atoms with van der Waals surface area (Å²) in [6.07, 6.45) is 0. The molecule has 1 heteroatoms. The molecule has 0 amide bonds. The molecule has 0 N–H and O–H groups in total. The van der Waals surface area contributed by atoms with Crippen molar-refractivity contribution in [2.24, 2.45) is 0 Å². The van der Waals surface area contributed by atoms with E-state index in [1.165, 1.54) is 22.3 Å². The molecule has 1 nitrogen and oxygen atoms in total. The zero-order chi connectivity index (χ0) is 26.0. The normalized spacial score (nSPS) is 11.1. The van der Waals surface area contributed by atoms with Gasteiger partial charge in [0.1, 0.15) is 11.5 Å². The standard InChI is InChI=1S/C38H26O/c1-4-14-27(15-5-1)30-20-12-21-31(26-30)37-34-22-10-11-23-35(34)38(39-37)36-32(28-16-6-2-7-17-28)24-13-25-33(36)29-18-8-3-9-19-29/h1-26H. The summed E-state index contributed by atoms with van der Waals surface area (Å²) in [4.78, 5) is 0. The highest BCUT2D eigenvalue weighted by atomic mass is 16.3. The highest BCUT2D eigenvalue weighted by molar-refractivity contribution is 6.07. The summed E-state index contributed by atoms with van der Waals surface area (Å²) >= 11 is 0. The molecule has 184 valence electrons. The van der Waals surface area contributed by atoms with Crippen LogP contribution in [-0.2, 0) is 0 Å². The van der Waals surface area contributed by atoms with Crippen LogP contribution in [0.15, 0.2) is 162 Å². The molecule has 0 saturated heterocycles. The second-order valence-electron chi connectivity index (χ2n) is 9.71. The van der Waals surface area contributed by atoms with Crippen LogP contribution in [0.25, 0.3) is 66.8 Å². The summed E-state index contributed by atoms with van der Waals surface area (Å²) in [6, 6.07) is 55.4. The summed E-state index contributed by atoms with van der Waals surface area (Å²) in [7, 11) is 0. The van der Waals surface area contributed by atoms with Gasteiger partial charge in [-0.15, -0.1) is 0 Å². The maximum absolute atomic E-state index is 6.95. The number of fused-ring (bicyclic) bond motifs is 1. The monoisotopic (exact) mass is 498 g/mol. The van der Waals surface area contributed by atoms with Crippen molar-refractivity contribution in [2.75, 3.05) is 0 Å². The quantitative estimate of drug-likeness (QED) is 0.230. The molecule has 0 aliphatic heterocycles. The molecule has 0 atom stereocenters. The molecule has 7 rings (SSSR count). The fourth-order valence-electron chi connectivity index (χ4n) is 5.48. The van der Waals surface area contributed by atoms with E-state index in [-0.39, 0.29) is 0 Å².